The Morgan fingerprint density at radius 3 is 2.93 bits per heavy atom. The Labute approximate surface area is 164 Å². The summed E-state index contributed by atoms with van der Waals surface area (Å²) in [7, 11) is 0. The van der Waals surface area contributed by atoms with E-state index in [0.29, 0.717) is 24.8 Å². The lowest BCUT2D eigenvalue weighted by Crippen LogP contribution is -2.43. The number of halogens is 1. The highest BCUT2D eigenvalue weighted by atomic mass is 19.1. The van der Waals surface area contributed by atoms with Crippen LogP contribution in [-0.2, 0) is 17.8 Å². The van der Waals surface area contributed by atoms with Crippen LogP contribution >= 0.6 is 0 Å². The fraction of sp³-hybridized carbons (Fsp3) is 0.476. The van der Waals surface area contributed by atoms with Crippen molar-refractivity contribution in [3.63, 3.8) is 0 Å². The highest BCUT2D eigenvalue weighted by Gasteiger charge is 2.28. The highest BCUT2D eigenvalue weighted by molar-refractivity contribution is 5.81. The lowest BCUT2D eigenvalue weighted by Gasteiger charge is -2.31. The summed E-state index contributed by atoms with van der Waals surface area (Å²) < 4.78 is 18.7. The van der Waals surface area contributed by atoms with Gasteiger partial charge < -0.3 is 15.0 Å². The molecule has 1 amide bonds. The molecule has 148 valence electrons. The Morgan fingerprint density at radius 2 is 2.18 bits per heavy atom. The number of carbonyl (C=O) groups is 1. The number of rotatable bonds is 4. The number of benzene rings is 1. The van der Waals surface area contributed by atoms with Gasteiger partial charge in [-0.05, 0) is 50.6 Å². The lowest BCUT2D eigenvalue weighted by atomic mass is 9.98. The van der Waals surface area contributed by atoms with Crippen LogP contribution in [0.3, 0.4) is 0 Å². The van der Waals surface area contributed by atoms with E-state index in [9.17, 15) is 9.18 Å². The number of amides is 1. The molecule has 2 atom stereocenters. The molecule has 0 radical (unpaired) electrons. The van der Waals surface area contributed by atoms with Gasteiger partial charge in [-0.15, -0.1) is 0 Å². The van der Waals surface area contributed by atoms with Crippen molar-refractivity contribution in [3.05, 3.63) is 53.4 Å². The van der Waals surface area contributed by atoms with Gasteiger partial charge in [0, 0.05) is 43.7 Å². The molecule has 1 N–H and O–H groups in total. The Balaban J connectivity index is 1.40. The minimum atomic E-state index is -0.638. The van der Waals surface area contributed by atoms with Crippen LogP contribution in [0.2, 0.25) is 0 Å². The van der Waals surface area contributed by atoms with E-state index in [-0.39, 0.29) is 11.7 Å². The summed E-state index contributed by atoms with van der Waals surface area (Å²) in [5.74, 6) is 1.35. The molecule has 2 aromatic rings. The first-order valence-electron chi connectivity index (χ1n) is 9.86. The molecule has 0 bridgehead atoms. The number of nitrogens with zero attached hydrogens (tertiary/aromatic N) is 3. The van der Waals surface area contributed by atoms with Crippen LogP contribution in [0.4, 0.5) is 4.39 Å². The number of hydrogen-bond donors (Lipinski definition) is 1. The molecule has 2 aliphatic heterocycles. The van der Waals surface area contributed by atoms with Crippen LogP contribution < -0.4 is 10.1 Å². The van der Waals surface area contributed by atoms with Gasteiger partial charge in [0.15, 0.2) is 6.10 Å². The molecule has 0 aliphatic carbocycles. The van der Waals surface area contributed by atoms with E-state index in [1.54, 1.807) is 11.8 Å². The number of ether oxygens (including phenoxy) is 1. The fourth-order valence-corrected chi connectivity index (χ4v) is 3.81. The molecule has 4 rings (SSSR count). The summed E-state index contributed by atoms with van der Waals surface area (Å²) >= 11 is 0. The first-order chi connectivity index (χ1) is 13.6. The maximum absolute atomic E-state index is 13.0. The smallest absolute Gasteiger partial charge is 0.263 e. The molecule has 1 fully saturated rings. The number of carbonyl (C=O) groups excluding carboxylic acids is 1. The molecule has 28 heavy (non-hydrogen) atoms. The number of piperidine rings is 1. The average Bonchev–Trinajstić information content (AvgIpc) is 2.74. The van der Waals surface area contributed by atoms with E-state index in [4.69, 9.17) is 9.72 Å². The quantitative estimate of drug-likeness (QED) is 0.877. The van der Waals surface area contributed by atoms with Gasteiger partial charge in [0.25, 0.3) is 5.91 Å². The van der Waals surface area contributed by atoms with E-state index in [1.807, 2.05) is 6.20 Å². The topological polar surface area (TPSA) is 67.3 Å². The van der Waals surface area contributed by atoms with Crippen molar-refractivity contribution < 1.29 is 13.9 Å². The number of aromatic nitrogens is 2. The van der Waals surface area contributed by atoms with E-state index in [1.165, 1.54) is 24.3 Å². The second-order valence-electron chi connectivity index (χ2n) is 7.47. The van der Waals surface area contributed by atoms with E-state index < -0.39 is 6.10 Å². The zero-order valence-corrected chi connectivity index (χ0v) is 16.0. The third-order valence-electron chi connectivity index (χ3n) is 5.40. The summed E-state index contributed by atoms with van der Waals surface area (Å²) in [5.41, 5.74) is 2.05. The largest absolute Gasteiger partial charge is 0.481 e. The monoisotopic (exact) mass is 384 g/mol. The maximum atomic E-state index is 13.0. The molecular weight excluding hydrogens is 359 g/mol. The van der Waals surface area contributed by atoms with Crippen molar-refractivity contribution in [1.82, 2.24) is 20.2 Å². The average molecular weight is 384 g/mol. The normalized spacial score (nSPS) is 20.4. The first-order valence-corrected chi connectivity index (χ1v) is 9.86. The van der Waals surface area contributed by atoms with Gasteiger partial charge in [-0.1, -0.05) is 0 Å². The van der Waals surface area contributed by atoms with Gasteiger partial charge in [0.05, 0.1) is 5.69 Å². The summed E-state index contributed by atoms with van der Waals surface area (Å²) in [6.45, 7) is 4.83. The lowest BCUT2D eigenvalue weighted by molar-refractivity contribution is -0.138. The molecule has 0 unspecified atom stereocenters. The number of nitrogens with one attached hydrogen (secondary N) is 1. The molecular formula is C21H25FN4O2. The van der Waals surface area contributed by atoms with E-state index >= 15 is 0 Å². The third-order valence-corrected chi connectivity index (χ3v) is 5.40. The van der Waals surface area contributed by atoms with Crippen molar-refractivity contribution in [2.24, 2.45) is 0 Å². The van der Waals surface area contributed by atoms with Gasteiger partial charge in [0.1, 0.15) is 17.4 Å². The number of hydrogen-bond acceptors (Lipinski definition) is 5. The molecule has 1 aromatic carbocycles. The van der Waals surface area contributed by atoms with Crippen molar-refractivity contribution in [3.8, 4) is 5.75 Å². The Kier molecular flexibility index (Phi) is 5.52. The zero-order valence-electron chi connectivity index (χ0n) is 16.0. The Morgan fingerprint density at radius 1 is 1.36 bits per heavy atom. The molecule has 7 heteroatoms. The van der Waals surface area contributed by atoms with Crippen molar-refractivity contribution >= 4 is 5.91 Å². The van der Waals surface area contributed by atoms with E-state index in [0.717, 1.165) is 49.4 Å². The molecule has 2 aliphatic rings. The first kappa shape index (κ1) is 18.8. The second-order valence-corrected chi connectivity index (χ2v) is 7.47. The van der Waals surface area contributed by atoms with Gasteiger partial charge in [-0.2, -0.15) is 0 Å². The predicted molar refractivity (Wildman–Crippen MR) is 102 cm³/mol. The van der Waals surface area contributed by atoms with Crippen LogP contribution in [0.15, 0.2) is 30.5 Å². The van der Waals surface area contributed by atoms with Crippen molar-refractivity contribution in [1.29, 1.82) is 0 Å². The Hall–Kier alpha value is -2.54. The standard InChI is InChI=1S/C21H25FN4O2/c1-14(28-18-6-4-17(22)5-7-18)21(27)26-10-8-19-16(13-26)12-24-20(25-19)15-3-2-9-23-11-15/h4-7,12,14-15,23H,2-3,8-11,13H2,1H3/t14-,15+/m1/s1. The zero-order chi connectivity index (χ0) is 19.5. The molecule has 1 saturated heterocycles. The van der Waals surface area contributed by atoms with Crippen LogP contribution in [0.1, 0.15) is 42.8 Å². The maximum Gasteiger partial charge on any atom is 0.263 e. The van der Waals surface area contributed by atoms with Gasteiger partial charge in [-0.25, -0.2) is 14.4 Å². The molecule has 6 nitrogen and oxygen atoms in total. The highest BCUT2D eigenvalue weighted by Crippen LogP contribution is 2.24. The number of fused-ring (bicyclic) bond motifs is 1. The van der Waals surface area contributed by atoms with Crippen LogP contribution in [-0.4, -0.2) is 46.5 Å². The van der Waals surface area contributed by atoms with Gasteiger partial charge in [-0.3, -0.25) is 4.79 Å². The van der Waals surface area contributed by atoms with Crippen molar-refractivity contribution in [2.75, 3.05) is 19.6 Å². The van der Waals surface area contributed by atoms with Gasteiger partial charge >= 0.3 is 0 Å². The van der Waals surface area contributed by atoms with Gasteiger partial charge in [0.2, 0.25) is 0 Å². The predicted octanol–water partition coefficient (Wildman–Crippen LogP) is 2.43. The second kappa shape index (κ2) is 8.22. The molecule has 0 spiro atoms. The summed E-state index contributed by atoms with van der Waals surface area (Å²) in [6.07, 6.45) is 4.23. The summed E-state index contributed by atoms with van der Waals surface area (Å²) in [6, 6.07) is 5.70. The van der Waals surface area contributed by atoms with Crippen LogP contribution in [0.25, 0.3) is 0 Å². The van der Waals surface area contributed by atoms with Crippen LogP contribution in [0.5, 0.6) is 5.75 Å². The molecule has 1 aromatic heterocycles. The van der Waals surface area contributed by atoms with Crippen LogP contribution in [0, 0.1) is 5.82 Å². The minimum absolute atomic E-state index is 0.0875. The third kappa shape index (κ3) is 4.14. The van der Waals surface area contributed by atoms with Crippen molar-refractivity contribution in [2.45, 2.75) is 44.8 Å². The Bertz CT molecular complexity index is 837. The summed E-state index contributed by atoms with van der Waals surface area (Å²) in [4.78, 5) is 23.9. The minimum Gasteiger partial charge on any atom is -0.481 e. The fourth-order valence-electron chi connectivity index (χ4n) is 3.81. The molecule has 3 heterocycles. The van der Waals surface area contributed by atoms with E-state index in [2.05, 4.69) is 10.3 Å². The SMILES string of the molecule is C[C@@H](Oc1ccc(F)cc1)C(=O)N1CCc2nc([C@H]3CCCNC3)ncc2C1. The molecule has 0 saturated carbocycles. The summed E-state index contributed by atoms with van der Waals surface area (Å²) in [5, 5.41) is 3.40.